The normalized spacial score (nSPS) is 26.9. The number of aliphatic hydroxyl groups excluding tert-OH is 2. The predicted molar refractivity (Wildman–Crippen MR) is 65.8 cm³/mol. The lowest BCUT2D eigenvalue weighted by Crippen LogP contribution is -2.24. The summed E-state index contributed by atoms with van der Waals surface area (Å²) in [5.41, 5.74) is 6.56. The Hall–Kier alpha value is -1.90. The van der Waals surface area contributed by atoms with Gasteiger partial charge in [0.15, 0.2) is 5.82 Å². The van der Waals surface area contributed by atoms with Crippen LogP contribution in [0.25, 0.3) is 11.5 Å². The Morgan fingerprint density at radius 1 is 1.53 bits per heavy atom. The van der Waals surface area contributed by atoms with Crippen molar-refractivity contribution in [3.8, 4) is 11.5 Å². The summed E-state index contributed by atoms with van der Waals surface area (Å²) in [6.45, 7) is -0.225. The molecule has 0 amide bonds. The first-order chi connectivity index (χ1) is 9.20. The number of H-pyrrole nitrogens is 1. The van der Waals surface area contributed by atoms with Crippen molar-refractivity contribution >= 4 is 5.82 Å². The summed E-state index contributed by atoms with van der Waals surface area (Å²) in [6.07, 6.45) is 3.50. The molecule has 5 N–H and O–H groups in total. The number of nitrogens with two attached hydrogens (primary N) is 1. The van der Waals surface area contributed by atoms with E-state index < -0.39 is 18.4 Å². The fourth-order valence-corrected chi connectivity index (χ4v) is 2.23. The van der Waals surface area contributed by atoms with Gasteiger partial charge >= 0.3 is 0 Å². The molecule has 102 valence electrons. The highest BCUT2D eigenvalue weighted by Gasteiger charge is 2.35. The third kappa shape index (κ3) is 1.99. The molecular formula is C11H15N5O3. The van der Waals surface area contributed by atoms with Gasteiger partial charge in [-0.3, -0.25) is 4.57 Å². The van der Waals surface area contributed by atoms with Crippen LogP contribution in [-0.2, 0) is 4.74 Å². The number of hydrogen-bond acceptors (Lipinski definition) is 6. The monoisotopic (exact) mass is 265 g/mol. The van der Waals surface area contributed by atoms with Crippen LogP contribution in [0.4, 0.5) is 5.82 Å². The number of ether oxygens (including phenoxy) is 1. The lowest BCUT2D eigenvalue weighted by atomic mass is 10.2. The molecule has 2 aromatic rings. The van der Waals surface area contributed by atoms with E-state index in [2.05, 4.69) is 15.0 Å². The molecule has 1 aliphatic rings. The summed E-state index contributed by atoms with van der Waals surface area (Å²) >= 11 is 0. The lowest BCUT2D eigenvalue weighted by molar-refractivity contribution is -0.0436. The first-order valence-corrected chi connectivity index (χ1v) is 5.97. The SMILES string of the molecule is Nc1c(-c2ncc[nH]2)ncn1[C@@H]1C[C@H](O)[C@@H](CO)O1. The summed E-state index contributed by atoms with van der Waals surface area (Å²) in [4.78, 5) is 11.2. The van der Waals surface area contributed by atoms with Crippen LogP contribution in [0, 0.1) is 0 Å². The van der Waals surface area contributed by atoms with E-state index in [1.54, 1.807) is 23.3 Å². The molecule has 1 saturated heterocycles. The van der Waals surface area contributed by atoms with E-state index in [4.69, 9.17) is 15.6 Å². The minimum absolute atomic E-state index is 0.225. The summed E-state index contributed by atoms with van der Waals surface area (Å²) in [5, 5.41) is 18.8. The number of anilines is 1. The second-order valence-corrected chi connectivity index (χ2v) is 4.44. The molecule has 0 spiro atoms. The van der Waals surface area contributed by atoms with E-state index in [-0.39, 0.29) is 6.61 Å². The molecule has 3 rings (SSSR count). The number of nitrogens with one attached hydrogen (secondary N) is 1. The smallest absolute Gasteiger partial charge is 0.159 e. The van der Waals surface area contributed by atoms with Crippen LogP contribution in [0.3, 0.4) is 0 Å². The van der Waals surface area contributed by atoms with Gasteiger partial charge in [-0.05, 0) is 0 Å². The van der Waals surface area contributed by atoms with Gasteiger partial charge in [-0.15, -0.1) is 0 Å². The molecule has 0 saturated carbocycles. The maximum atomic E-state index is 9.72. The van der Waals surface area contributed by atoms with Crippen LogP contribution in [0.15, 0.2) is 18.7 Å². The Morgan fingerprint density at radius 2 is 2.37 bits per heavy atom. The third-order valence-corrected chi connectivity index (χ3v) is 3.25. The highest BCUT2D eigenvalue weighted by atomic mass is 16.5. The Kier molecular flexibility index (Phi) is 2.97. The van der Waals surface area contributed by atoms with E-state index >= 15 is 0 Å². The minimum atomic E-state index is -0.705. The van der Waals surface area contributed by atoms with Crippen molar-refractivity contribution in [3.05, 3.63) is 18.7 Å². The fourth-order valence-electron chi connectivity index (χ4n) is 2.23. The van der Waals surface area contributed by atoms with Gasteiger partial charge in [-0.25, -0.2) is 9.97 Å². The molecule has 0 aliphatic carbocycles. The zero-order valence-corrected chi connectivity index (χ0v) is 10.1. The van der Waals surface area contributed by atoms with Crippen LogP contribution in [-0.4, -0.2) is 48.5 Å². The molecule has 3 atom stereocenters. The van der Waals surface area contributed by atoms with Crippen molar-refractivity contribution < 1.29 is 14.9 Å². The molecule has 8 heteroatoms. The van der Waals surface area contributed by atoms with Gasteiger partial charge < -0.3 is 25.7 Å². The van der Waals surface area contributed by atoms with Crippen molar-refractivity contribution in [3.63, 3.8) is 0 Å². The zero-order chi connectivity index (χ0) is 13.4. The van der Waals surface area contributed by atoms with E-state index in [0.717, 1.165) is 0 Å². The molecule has 1 fully saturated rings. The number of rotatable bonds is 3. The van der Waals surface area contributed by atoms with E-state index in [1.165, 1.54) is 0 Å². The number of aromatic amines is 1. The van der Waals surface area contributed by atoms with Crippen molar-refractivity contribution in [1.82, 2.24) is 19.5 Å². The van der Waals surface area contributed by atoms with Gasteiger partial charge in [0.1, 0.15) is 23.8 Å². The molecule has 2 aromatic heterocycles. The quantitative estimate of drug-likeness (QED) is 0.593. The minimum Gasteiger partial charge on any atom is -0.394 e. The summed E-state index contributed by atoms with van der Waals surface area (Å²) in [5.74, 6) is 0.985. The van der Waals surface area contributed by atoms with Gasteiger partial charge in [0.25, 0.3) is 0 Å². The standard InChI is InChI=1S/C11H15N5O3/c12-10-9(11-13-1-2-14-11)15-5-16(10)8-3-6(18)7(4-17)19-8/h1-2,5-8,17-18H,3-4,12H2,(H,13,14)/t6-,7+,8-/m0/s1. The summed E-state index contributed by atoms with van der Waals surface area (Å²) in [6, 6.07) is 0. The van der Waals surface area contributed by atoms with E-state index in [9.17, 15) is 5.11 Å². The summed E-state index contributed by atoms with van der Waals surface area (Å²) < 4.78 is 7.17. The molecule has 8 nitrogen and oxygen atoms in total. The van der Waals surface area contributed by atoms with E-state index in [1.807, 2.05) is 0 Å². The zero-order valence-electron chi connectivity index (χ0n) is 10.1. The average molecular weight is 265 g/mol. The van der Waals surface area contributed by atoms with Gasteiger partial charge in [-0.1, -0.05) is 0 Å². The van der Waals surface area contributed by atoms with Crippen molar-refractivity contribution in [2.45, 2.75) is 24.9 Å². The average Bonchev–Trinajstić information content (AvgIpc) is 3.08. The molecular weight excluding hydrogens is 250 g/mol. The van der Waals surface area contributed by atoms with Gasteiger partial charge in [0.2, 0.25) is 0 Å². The molecule has 0 aromatic carbocycles. The highest BCUT2D eigenvalue weighted by molar-refractivity contribution is 5.64. The number of imidazole rings is 2. The van der Waals surface area contributed by atoms with Crippen LogP contribution < -0.4 is 5.73 Å². The van der Waals surface area contributed by atoms with Crippen molar-refractivity contribution in [2.24, 2.45) is 0 Å². The predicted octanol–water partition coefficient (Wildman–Crippen LogP) is -0.504. The first kappa shape index (κ1) is 12.2. The maximum absolute atomic E-state index is 9.72. The van der Waals surface area contributed by atoms with Crippen LogP contribution >= 0.6 is 0 Å². The molecule has 0 unspecified atom stereocenters. The second kappa shape index (κ2) is 4.65. The van der Waals surface area contributed by atoms with Gasteiger partial charge in [0, 0.05) is 18.8 Å². The topological polar surface area (TPSA) is 122 Å². The number of hydrogen-bond donors (Lipinski definition) is 4. The Morgan fingerprint density at radius 3 is 3.00 bits per heavy atom. The molecule has 0 radical (unpaired) electrons. The third-order valence-electron chi connectivity index (χ3n) is 3.25. The number of aliphatic hydroxyl groups is 2. The molecule has 0 bridgehead atoms. The number of nitrogen functional groups attached to an aromatic ring is 1. The van der Waals surface area contributed by atoms with Gasteiger partial charge in [0.05, 0.1) is 19.0 Å². The highest BCUT2D eigenvalue weighted by Crippen LogP contribution is 2.32. The molecule has 1 aliphatic heterocycles. The second-order valence-electron chi connectivity index (χ2n) is 4.44. The molecule has 3 heterocycles. The Balaban J connectivity index is 1.87. The largest absolute Gasteiger partial charge is 0.394 e. The van der Waals surface area contributed by atoms with Crippen LogP contribution in [0.5, 0.6) is 0 Å². The number of nitrogens with zero attached hydrogens (tertiary/aromatic N) is 3. The van der Waals surface area contributed by atoms with Crippen LogP contribution in [0.2, 0.25) is 0 Å². The lowest BCUT2D eigenvalue weighted by Gasteiger charge is -2.14. The number of aromatic nitrogens is 4. The maximum Gasteiger partial charge on any atom is 0.159 e. The molecule has 19 heavy (non-hydrogen) atoms. The van der Waals surface area contributed by atoms with Crippen molar-refractivity contribution in [2.75, 3.05) is 12.3 Å². The Labute approximate surface area is 108 Å². The van der Waals surface area contributed by atoms with Crippen LogP contribution in [0.1, 0.15) is 12.6 Å². The van der Waals surface area contributed by atoms with Crippen molar-refractivity contribution in [1.29, 1.82) is 0 Å². The van der Waals surface area contributed by atoms with Gasteiger partial charge in [-0.2, -0.15) is 0 Å². The summed E-state index contributed by atoms with van der Waals surface area (Å²) in [7, 11) is 0. The van der Waals surface area contributed by atoms with E-state index in [0.29, 0.717) is 23.8 Å². The fraction of sp³-hybridized carbons (Fsp3) is 0.455. The first-order valence-electron chi connectivity index (χ1n) is 5.97. The Bertz CT molecular complexity index is 553.